The standard InChI is InChI=1S/C14H16BrNO3/c1-16-11-5-6-19-7-9(11)12(14(17)18)8-3-2-4-10(15)13(8)16/h2-4,9,11-12H,5-7H2,1H3,(H,17,18). The third kappa shape index (κ3) is 1.96. The molecule has 1 saturated heterocycles. The van der Waals surface area contributed by atoms with Crippen molar-refractivity contribution in [3.8, 4) is 0 Å². The Morgan fingerprint density at radius 2 is 2.32 bits per heavy atom. The summed E-state index contributed by atoms with van der Waals surface area (Å²) in [5, 5.41) is 9.61. The lowest BCUT2D eigenvalue weighted by Gasteiger charge is -2.47. The fraction of sp³-hybridized carbons (Fsp3) is 0.500. The molecule has 3 unspecified atom stereocenters. The smallest absolute Gasteiger partial charge is 0.311 e. The van der Waals surface area contributed by atoms with E-state index in [1.807, 2.05) is 25.2 Å². The molecule has 2 heterocycles. The highest BCUT2D eigenvalue weighted by Gasteiger charge is 2.45. The zero-order chi connectivity index (χ0) is 13.6. The maximum absolute atomic E-state index is 11.7. The van der Waals surface area contributed by atoms with Crippen LogP contribution in [-0.2, 0) is 9.53 Å². The van der Waals surface area contributed by atoms with Gasteiger partial charge < -0.3 is 14.7 Å². The molecule has 5 heteroatoms. The van der Waals surface area contributed by atoms with Crippen molar-refractivity contribution in [1.29, 1.82) is 0 Å². The maximum Gasteiger partial charge on any atom is 0.311 e. The first-order valence-corrected chi connectivity index (χ1v) is 7.22. The lowest BCUT2D eigenvalue weighted by Crippen LogP contribution is -2.51. The van der Waals surface area contributed by atoms with Crippen LogP contribution in [0.2, 0.25) is 0 Å². The van der Waals surface area contributed by atoms with Crippen LogP contribution in [0, 0.1) is 5.92 Å². The largest absolute Gasteiger partial charge is 0.481 e. The van der Waals surface area contributed by atoms with Crippen molar-refractivity contribution in [3.05, 3.63) is 28.2 Å². The molecule has 0 radical (unpaired) electrons. The van der Waals surface area contributed by atoms with Gasteiger partial charge in [0.2, 0.25) is 0 Å². The van der Waals surface area contributed by atoms with Gasteiger partial charge in [-0.25, -0.2) is 0 Å². The molecule has 1 aromatic rings. The summed E-state index contributed by atoms with van der Waals surface area (Å²) in [4.78, 5) is 13.9. The second-order valence-electron chi connectivity index (χ2n) is 5.20. The Bertz CT molecular complexity index is 519. The van der Waals surface area contributed by atoms with Crippen LogP contribution in [0.25, 0.3) is 0 Å². The number of anilines is 1. The molecule has 0 spiro atoms. The molecule has 1 fully saturated rings. The Labute approximate surface area is 120 Å². The van der Waals surface area contributed by atoms with Gasteiger partial charge >= 0.3 is 5.97 Å². The first-order valence-electron chi connectivity index (χ1n) is 6.43. The number of carboxylic acids is 1. The van der Waals surface area contributed by atoms with Crippen LogP contribution in [0.15, 0.2) is 22.7 Å². The fourth-order valence-electron chi connectivity index (χ4n) is 3.42. The lowest BCUT2D eigenvalue weighted by atomic mass is 9.75. The summed E-state index contributed by atoms with van der Waals surface area (Å²) in [7, 11) is 2.05. The van der Waals surface area contributed by atoms with E-state index in [0.29, 0.717) is 13.2 Å². The van der Waals surface area contributed by atoms with Crippen molar-refractivity contribution in [2.75, 3.05) is 25.2 Å². The van der Waals surface area contributed by atoms with Crippen molar-refractivity contribution >= 4 is 27.6 Å². The quantitative estimate of drug-likeness (QED) is 0.861. The first kappa shape index (κ1) is 12.9. The van der Waals surface area contributed by atoms with Gasteiger partial charge in [0.25, 0.3) is 0 Å². The number of benzene rings is 1. The summed E-state index contributed by atoms with van der Waals surface area (Å²) in [5.74, 6) is -1.21. The van der Waals surface area contributed by atoms with Gasteiger partial charge in [-0.05, 0) is 34.0 Å². The van der Waals surface area contributed by atoms with Crippen molar-refractivity contribution < 1.29 is 14.6 Å². The van der Waals surface area contributed by atoms with Crippen molar-refractivity contribution in [1.82, 2.24) is 0 Å². The Morgan fingerprint density at radius 1 is 1.53 bits per heavy atom. The molecular weight excluding hydrogens is 310 g/mol. The molecular formula is C14H16BrNO3. The number of rotatable bonds is 1. The zero-order valence-electron chi connectivity index (χ0n) is 10.7. The van der Waals surface area contributed by atoms with Gasteiger partial charge in [0, 0.05) is 30.1 Å². The summed E-state index contributed by atoms with van der Waals surface area (Å²) < 4.78 is 6.47. The Balaban J connectivity index is 2.16. The van der Waals surface area contributed by atoms with Crippen LogP contribution >= 0.6 is 15.9 Å². The van der Waals surface area contributed by atoms with E-state index < -0.39 is 11.9 Å². The molecule has 19 heavy (non-hydrogen) atoms. The number of carboxylic acid groups (broad SMARTS) is 1. The average Bonchev–Trinajstić information content (AvgIpc) is 2.38. The van der Waals surface area contributed by atoms with Crippen molar-refractivity contribution in [2.45, 2.75) is 18.4 Å². The average molecular weight is 326 g/mol. The summed E-state index contributed by atoms with van der Waals surface area (Å²) in [5.41, 5.74) is 1.90. The fourth-order valence-corrected chi connectivity index (χ4v) is 4.08. The molecule has 102 valence electrons. The molecule has 2 aliphatic rings. The molecule has 1 aromatic carbocycles. The molecule has 3 rings (SSSR count). The highest BCUT2D eigenvalue weighted by atomic mass is 79.9. The normalized spacial score (nSPS) is 29.6. The van der Waals surface area contributed by atoms with Crippen LogP contribution in [0.5, 0.6) is 0 Å². The van der Waals surface area contributed by atoms with Crippen LogP contribution < -0.4 is 4.90 Å². The highest BCUT2D eigenvalue weighted by molar-refractivity contribution is 9.10. The summed E-state index contributed by atoms with van der Waals surface area (Å²) in [6, 6.07) is 6.02. The number of aliphatic carboxylic acids is 1. The van der Waals surface area contributed by atoms with E-state index in [4.69, 9.17) is 4.74 Å². The molecule has 4 nitrogen and oxygen atoms in total. The van der Waals surface area contributed by atoms with E-state index in [1.54, 1.807) is 0 Å². The molecule has 0 aliphatic carbocycles. The number of fused-ring (bicyclic) bond motifs is 2. The predicted molar refractivity (Wildman–Crippen MR) is 75.6 cm³/mol. The van der Waals surface area contributed by atoms with Crippen molar-refractivity contribution in [2.24, 2.45) is 5.92 Å². The molecule has 0 saturated carbocycles. The number of nitrogens with zero attached hydrogens (tertiary/aromatic N) is 1. The zero-order valence-corrected chi connectivity index (χ0v) is 12.3. The van der Waals surface area contributed by atoms with Gasteiger partial charge in [0.15, 0.2) is 0 Å². The maximum atomic E-state index is 11.7. The van der Waals surface area contributed by atoms with E-state index in [-0.39, 0.29) is 12.0 Å². The molecule has 2 aliphatic heterocycles. The number of para-hydroxylation sites is 1. The summed E-state index contributed by atoms with van der Waals surface area (Å²) >= 11 is 3.55. The lowest BCUT2D eigenvalue weighted by molar-refractivity contribution is -0.142. The van der Waals surface area contributed by atoms with Gasteiger partial charge in [0.1, 0.15) is 0 Å². The van der Waals surface area contributed by atoms with E-state index >= 15 is 0 Å². The third-order valence-electron chi connectivity index (χ3n) is 4.26. The monoisotopic (exact) mass is 325 g/mol. The summed E-state index contributed by atoms with van der Waals surface area (Å²) in [6.45, 7) is 1.23. The van der Waals surface area contributed by atoms with Crippen molar-refractivity contribution in [3.63, 3.8) is 0 Å². The van der Waals surface area contributed by atoms with E-state index in [1.165, 1.54) is 0 Å². The van der Waals surface area contributed by atoms with Gasteiger partial charge in [-0.2, -0.15) is 0 Å². The Hall–Kier alpha value is -1.07. The predicted octanol–water partition coefficient (Wildman–Crippen LogP) is 2.47. The highest BCUT2D eigenvalue weighted by Crippen LogP contribution is 2.46. The van der Waals surface area contributed by atoms with Crippen LogP contribution in [-0.4, -0.2) is 37.4 Å². The minimum atomic E-state index is -0.757. The van der Waals surface area contributed by atoms with Gasteiger partial charge in [-0.15, -0.1) is 0 Å². The topological polar surface area (TPSA) is 49.8 Å². The Morgan fingerprint density at radius 3 is 3.05 bits per heavy atom. The van der Waals surface area contributed by atoms with Gasteiger partial charge in [0.05, 0.1) is 18.2 Å². The number of hydrogen-bond donors (Lipinski definition) is 1. The van der Waals surface area contributed by atoms with Crippen LogP contribution in [0.4, 0.5) is 5.69 Å². The van der Waals surface area contributed by atoms with Gasteiger partial charge in [-0.3, -0.25) is 4.79 Å². The van der Waals surface area contributed by atoms with Crippen LogP contribution in [0.3, 0.4) is 0 Å². The van der Waals surface area contributed by atoms with Crippen LogP contribution in [0.1, 0.15) is 17.9 Å². The second-order valence-corrected chi connectivity index (χ2v) is 6.05. The number of halogens is 1. The number of ether oxygens (including phenoxy) is 1. The molecule has 0 bridgehead atoms. The first-order chi connectivity index (χ1) is 9.11. The number of carbonyl (C=O) groups is 1. The summed E-state index contributed by atoms with van der Waals surface area (Å²) in [6.07, 6.45) is 0.881. The molecule has 3 atom stereocenters. The van der Waals surface area contributed by atoms with E-state index in [2.05, 4.69) is 20.8 Å². The molecule has 1 N–H and O–H groups in total. The minimum absolute atomic E-state index is 0.0260. The Kier molecular flexibility index (Phi) is 3.27. The van der Waals surface area contributed by atoms with E-state index in [0.717, 1.165) is 22.1 Å². The third-order valence-corrected chi connectivity index (χ3v) is 4.90. The molecule has 0 aromatic heterocycles. The minimum Gasteiger partial charge on any atom is -0.481 e. The molecule has 0 amide bonds. The van der Waals surface area contributed by atoms with E-state index in [9.17, 15) is 9.90 Å². The SMILES string of the molecule is CN1c2c(Br)cccc2C(C(=O)O)C2COCCC21. The number of hydrogen-bond acceptors (Lipinski definition) is 3. The second kappa shape index (κ2) is 4.80. The van der Waals surface area contributed by atoms with Gasteiger partial charge in [-0.1, -0.05) is 12.1 Å².